The van der Waals surface area contributed by atoms with Gasteiger partial charge in [0.25, 0.3) is 0 Å². The van der Waals surface area contributed by atoms with Crippen LogP contribution in [-0.4, -0.2) is 31.6 Å². The minimum Gasteiger partial charge on any atom is -0.493 e. The molecule has 1 unspecified atom stereocenters. The summed E-state index contributed by atoms with van der Waals surface area (Å²) in [6.45, 7) is 2.95. The van der Waals surface area contributed by atoms with Crippen LogP contribution in [0.2, 0.25) is 0 Å². The van der Waals surface area contributed by atoms with Crippen LogP contribution in [0, 0.1) is 0 Å². The van der Waals surface area contributed by atoms with E-state index in [1.54, 1.807) is 0 Å². The van der Waals surface area contributed by atoms with Gasteiger partial charge in [0, 0.05) is 17.8 Å². The van der Waals surface area contributed by atoms with E-state index in [9.17, 15) is 0 Å². The lowest BCUT2D eigenvalue weighted by atomic mass is 10.0. The summed E-state index contributed by atoms with van der Waals surface area (Å²) < 4.78 is 6.04. The second-order valence-corrected chi connectivity index (χ2v) is 6.91. The Balaban J connectivity index is 1.57. The second kappa shape index (κ2) is 8.17. The number of benzene rings is 3. The first kappa shape index (κ1) is 17.5. The van der Waals surface area contributed by atoms with Crippen molar-refractivity contribution in [3.05, 3.63) is 77.9 Å². The normalized spacial score (nSPS) is 12.5. The Bertz CT molecular complexity index is 802. The summed E-state index contributed by atoms with van der Waals surface area (Å²) >= 11 is 0. The number of hydrogen-bond donors (Lipinski definition) is 0. The predicted molar refractivity (Wildman–Crippen MR) is 106 cm³/mol. The largest absolute Gasteiger partial charge is 0.493 e. The van der Waals surface area contributed by atoms with Crippen molar-refractivity contribution in [2.75, 3.05) is 20.7 Å². The fourth-order valence-corrected chi connectivity index (χ4v) is 2.97. The maximum absolute atomic E-state index is 6.04. The summed E-state index contributed by atoms with van der Waals surface area (Å²) in [5.41, 5.74) is 2.71. The van der Waals surface area contributed by atoms with Crippen LogP contribution in [0.5, 0.6) is 5.75 Å². The molecule has 3 aromatic rings. The Morgan fingerprint density at radius 2 is 1.52 bits per heavy atom. The van der Waals surface area contributed by atoms with Gasteiger partial charge in [0.05, 0.1) is 6.61 Å². The number of ether oxygens (including phenoxy) is 1. The van der Waals surface area contributed by atoms with Crippen LogP contribution >= 0.6 is 0 Å². The molecule has 25 heavy (non-hydrogen) atoms. The van der Waals surface area contributed by atoms with Gasteiger partial charge in [-0.2, -0.15) is 0 Å². The molecular formula is C23H27NO. The molecule has 0 N–H and O–H groups in total. The molecule has 0 amide bonds. The maximum atomic E-state index is 6.04. The molecule has 0 radical (unpaired) electrons. The zero-order valence-electron chi connectivity index (χ0n) is 15.4. The van der Waals surface area contributed by atoms with Gasteiger partial charge in [0.15, 0.2) is 0 Å². The van der Waals surface area contributed by atoms with E-state index in [0.717, 1.165) is 18.6 Å². The second-order valence-electron chi connectivity index (χ2n) is 6.91. The number of likely N-dealkylation sites (N-methyl/N-ethyl adjacent to an activating group) is 1. The molecule has 0 fully saturated rings. The van der Waals surface area contributed by atoms with Crippen LogP contribution in [-0.2, 0) is 12.8 Å². The number of rotatable bonds is 7. The molecule has 3 rings (SSSR count). The van der Waals surface area contributed by atoms with E-state index in [-0.39, 0.29) is 0 Å². The quantitative estimate of drug-likeness (QED) is 0.606. The lowest BCUT2D eigenvalue weighted by Crippen LogP contribution is -2.26. The molecule has 0 aromatic heterocycles. The third-order valence-electron chi connectivity index (χ3n) is 4.83. The van der Waals surface area contributed by atoms with Gasteiger partial charge in [-0.15, -0.1) is 0 Å². The Morgan fingerprint density at radius 1 is 0.840 bits per heavy atom. The van der Waals surface area contributed by atoms with Crippen molar-refractivity contribution in [2.45, 2.75) is 25.8 Å². The van der Waals surface area contributed by atoms with E-state index in [0.29, 0.717) is 12.6 Å². The van der Waals surface area contributed by atoms with Crippen LogP contribution in [0.4, 0.5) is 0 Å². The lowest BCUT2D eigenvalue weighted by molar-refractivity contribution is 0.312. The minimum atomic E-state index is 0.556. The minimum absolute atomic E-state index is 0.556. The molecule has 0 bridgehead atoms. The highest BCUT2D eigenvalue weighted by Gasteiger charge is 2.06. The molecule has 0 saturated heterocycles. The zero-order chi connectivity index (χ0) is 17.6. The first-order valence-corrected chi connectivity index (χ1v) is 8.98. The lowest BCUT2D eigenvalue weighted by Gasteiger charge is -2.19. The van der Waals surface area contributed by atoms with Crippen LogP contribution in [0.3, 0.4) is 0 Å². The Morgan fingerprint density at radius 3 is 2.28 bits per heavy atom. The highest BCUT2D eigenvalue weighted by molar-refractivity contribution is 5.88. The maximum Gasteiger partial charge on any atom is 0.127 e. The fraction of sp³-hybridized carbons (Fsp3) is 0.304. The summed E-state index contributed by atoms with van der Waals surface area (Å²) in [7, 11) is 4.26. The van der Waals surface area contributed by atoms with E-state index < -0.39 is 0 Å². The van der Waals surface area contributed by atoms with Crippen molar-refractivity contribution in [1.82, 2.24) is 4.90 Å². The molecular weight excluding hydrogens is 306 g/mol. The van der Waals surface area contributed by atoms with Crippen LogP contribution in [0.1, 0.15) is 18.1 Å². The van der Waals surface area contributed by atoms with Gasteiger partial charge >= 0.3 is 0 Å². The van der Waals surface area contributed by atoms with Crippen molar-refractivity contribution in [1.29, 1.82) is 0 Å². The predicted octanol–water partition coefficient (Wildman–Crippen LogP) is 4.95. The van der Waals surface area contributed by atoms with Gasteiger partial charge in [-0.05, 0) is 50.0 Å². The van der Waals surface area contributed by atoms with E-state index >= 15 is 0 Å². The van der Waals surface area contributed by atoms with Crippen molar-refractivity contribution < 1.29 is 4.74 Å². The topological polar surface area (TPSA) is 12.5 Å². The van der Waals surface area contributed by atoms with E-state index in [1.807, 2.05) is 6.07 Å². The molecule has 1 atom stereocenters. The number of hydrogen-bond acceptors (Lipinski definition) is 2. The molecule has 0 aliphatic carbocycles. The van der Waals surface area contributed by atoms with Crippen LogP contribution in [0.25, 0.3) is 10.8 Å². The third-order valence-corrected chi connectivity index (χ3v) is 4.83. The Hall–Kier alpha value is -2.32. The fourth-order valence-electron chi connectivity index (χ4n) is 2.97. The van der Waals surface area contributed by atoms with Crippen LogP contribution < -0.4 is 4.74 Å². The van der Waals surface area contributed by atoms with Crippen molar-refractivity contribution in [3.8, 4) is 5.75 Å². The summed E-state index contributed by atoms with van der Waals surface area (Å²) in [5.74, 6) is 0.967. The Kier molecular flexibility index (Phi) is 5.72. The van der Waals surface area contributed by atoms with Gasteiger partial charge < -0.3 is 9.64 Å². The average molecular weight is 333 g/mol. The molecule has 2 heteroatoms. The highest BCUT2D eigenvalue weighted by atomic mass is 16.5. The zero-order valence-corrected chi connectivity index (χ0v) is 15.4. The SMILES string of the molecule is CC(Cc1ccc(CCOc2cccc3ccccc23)cc1)N(C)C. The molecule has 2 nitrogen and oxygen atoms in total. The van der Waals surface area contributed by atoms with Crippen molar-refractivity contribution in [3.63, 3.8) is 0 Å². The van der Waals surface area contributed by atoms with Gasteiger partial charge in [-0.1, -0.05) is 60.7 Å². The molecule has 130 valence electrons. The first-order valence-electron chi connectivity index (χ1n) is 8.98. The summed E-state index contributed by atoms with van der Waals surface area (Å²) in [5, 5.41) is 2.40. The number of nitrogens with zero attached hydrogens (tertiary/aromatic N) is 1. The summed E-state index contributed by atoms with van der Waals surface area (Å²) in [4.78, 5) is 2.26. The van der Waals surface area contributed by atoms with E-state index in [1.165, 1.54) is 21.9 Å². The van der Waals surface area contributed by atoms with Gasteiger partial charge in [0.1, 0.15) is 5.75 Å². The van der Waals surface area contributed by atoms with E-state index in [4.69, 9.17) is 4.74 Å². The molecule has 0 aliphatic heterocycles. The first-order chi connectivity index (χ1) is 12.1. The van der Waals surface area contributed by atoms with Gasteiger partial charge in [-0.25, -0.2) is 0 Å². The van der Waals surface area contributed by atoms with Gasteiger partial charge in [0.2, 0.25) is 0 Å². The Labute approximate surface area is 151 Å². The number of fused-ring (bicyclic) bond motifs is 1. The summed E-state index contributed by atoms with van der Waals surface area (Å²) in [6.07, 6.45) is 2.01. The third kappa shape index (κ3) is 4.61. The molecule has 3 aromatic carbocycles. The molecule has 0 aliphatic rings. The van der Waals surface area contributed by atoms with Crippen molar-refractivity contribution in [2.24, 2.45) is 0 Å². The van der Waals surface area contributed by atoms with Gasteiger partial charge in [-0.3, -0.25) is 0 Å². The van der Waals surface area contributed by atoms with Crippen LogP contribution in [0.15, 0.2) is 66.7 Å². The molecule has 0 saturated carbocycles. The van der Waals surface area contributed by atoms with E-state index in [2.05, 4.69) is 86.6 Å². The average Bonchev–Trinajstić information content (AvgIpc) is 2.63. The standard InChI is InChI=1S/C23H27NO/c1-18(24(2)3)17-20-13-11-19(12-14-20)15-16-25-23-10-6-8-21-7-4-5-9-22(21)23/h4-14,18H,15-17H2,1-3H3. The summed E-state index contributed by atoms with van der Waals surface area (Å²) in [6, 6.07) is 24.1. The molecule has 0 spiro atoms. The molecule has 0 heterocycles. The smallest absolute Gasteiger partial charge is 0.127 e. The van der Waals surface area contributed by atoms with Crippen molar-refractivity contribution >= 4 is 10.8 Å². The monoisotopic (exact) mass is 333 g/mol. The highest BCUT2D eigenvalue weighted by Crippen LogP contribution is 2.25.